The lowest BCUT2D eigenvalue weighted by atomic mass is 10.1. The molecule has 0 amide bonds. The molecule has 0 unspecified atom stereocenters. The van der Waals surface area contributed by atoms with Crippen LogP contribution in [0, 0.1) is 5.82 Å². The van der Waals surface area contributed by atoms with Gasteiger partial charge >= 0.3 is 6.16 Å². The summed E-state index contributed by atoms with van der Waals surface area (Å²) in [6.45, 7) is 8.57. The highest BCUT2D eigenvalue weighted by Crippen LogP contribution is 2.27. The summed E-state index contributed by atoms with van der Waals surface area (Å²) in [6.07, 6.45) is -0.217. The Labute approximate surface area is 150 Å². The number of rotatable bonds is 4. The Morgan fingerprint density at radius 3 is 2.46 bits per heavy atom. The summed E-state index contributed by atoms with van der Waals surface area (Å²) < 4.78 is 21.0. The molecule has 1 saturated heterocycles. The Morgan fingerprint density at radius 2 is 1.88 bits per heavy atom. The summed E-state index contributed by atoms with van der Waals surface area (Å²) in [7, 11) is 0. The summed E-state index contributed by atoms with van der Waals surface area (Å²) in [5, 5.41) is 8.89. The van der Waals surface area contributed by atoms with Crippen LogP contribution >= 0.6 is 0 Å². The summed E-state index contributed by atoms with van der Waals surface area (Å²) >= 11 is 0. The van der Waals surface area contributed by atoms with Crippen LogP contribution in [0.15, 0.2) is 23.1 Å². The largest absolute Gasteiger partial charge is 0.511 e. The first kappa shape index (κ1) is 18.2. The Bertz CT molecular complexity index is 888. The van der Waals surface area contributed by atoms with Gasteiger partial charge in [-0.25, -0.2) is 9.18 Å². The van der Waals surface area contributed by atoms with Crippen molar-refractivity contribution in [2.45, 2.75) is 20.4 Å². The van der Waals surface area contributed by atoms with E-state index in [2.05, 4.69) is 16.6 Å². The third-order valence-electron chi connectivity index (χ3n) is 4.81. The van der Waals surface area contributed by atoms with E-state index < -0.39 is 17.4 Å². The van der Waals surface area contributed by atoms with Gasteiger partial charge in [0.05, 0.1) is 22.8 Å². The van der Waals surface area contributed by atoms with Gasteiger partial charge in [0.25, 0.3) is 0 Å². The quantitative estimate of drug-likeness (QED) is 0.841. The highest BCUT2D eigenvalue weighted by molar-refractivity contribution is 5.84. The zero-order valence-corrected chi connectivity index (χ0v) is 14.9. The fraction of sp³-hybridized carbons (Fsp3) is 0.444. The molecule has 0 spiro atoms. The molecule has 1 aromatic carbocycles. The zero-order valence-electron chi connectivity index (χ0n) is 14.9. The molecular formula is C18H22FN3O4. The number of hydrogen-bond acceptors (Lipinski definition) is 5. The van der Waals surface area contributed by atoms with Crippen LogP contribution in [0.3, 0.4) is 0 Å². The fourth-order valence-corrected chi connectivity index (χ4v) is 3.35. The van der Waals surface area contributed by atoms with Crippen molar-refractivity contribution in [1.82, 2.24) is 9.47 Å². The predicted molar refractivity (Wildman–Crippen MR) is 96.8 cm³/mol. The Hall–Kier alpha value is -2.61. The van der Waals surface area contributed by atoms with Crippen molar-refractivity contribution >= 4 is 22.7 Å². The van der Waals surface area contributed by atoms with E-state index >= 15 is 0 Å². The summed E-state index contributed by atoms with van der Waals surface area (Å²) in [5.74, 6) is -0.815. The van der Waals surface area contributed by atoms with E-state index in [1.165, 1.54) is 12.3 Å². The number of carbonyl (C=O) groups is 1. The predicted octanol–water partition coefficient (Wildman–Crippen LogP) is 2.36. The fourth-order valence-electron chi connectivity index (χ4n) is 3.35. The Kier molecular flexibility index (Phi) is 5.13. The zero-order chi connectivity index (χ0) is 18.8. The number of fused-ring (bicyclic) bond motifs is 1. The minimum absolute atomic E-state index is 0.110. The normalized spacial score (nSPS) is 15.4. The maximum Gasteiger partial charge on any atom is 0.511 e. The molecule has 140 valence electrons. The van der Waals surface area contributed by atoms with Crippen molar-refractivity contribution in [1.29, 1.82) is 0 Å². The third-order valence-corrected chi connectivity index (χ3v) is 4.81. The molecule has 26 heavy (non-hydrogen) atoms. The van der Waals surface area contributed by atoms with Crippen molar-refractivity contribution in [2.24, 2.45) is 0 Å². The van der Waals surface area contributed by atoms with Gasteiger partial charge in [-0.1, -0.05) is 6.92 Å². The first-order valence-electron chi connectivity index (χ1n) is 8.69. The average Bonchev–Trinajstić information content (AvgIpc) is 2.63. The average molecular weight is 363 g/mol. The number of aromatic nitrogens is 1. The number of piperazine rings is 1. The van der Waals surface area contributed by atoms with E-state index in [1.807, 2.05) is 11.8 Å². The van der Waals surface area contributed by atoms with E-state index in [-0.39, 0.29) is 11.1 Å². The summed E-state index contributed by atoms with van der Waals surface area (Å²) in [4.78, 5) is 27.5. The number of anilines is 1. The molecule has 0 atom stereocenters. The number of likely N-dealkylation sites (N-methyl/N-ethyl adjacent to an activating group) is 1. The highest BCUT2D eigenvalue weighted by atomic mass is 19.1. The molecule has 0 aliphatic carbocycles. The van der Waals surface area contributed by atoms with Crippen LogP contribution in [-0.4, -0.2) is 53.5 Å². The lowest BCUT2D eigenvalue weighted by Crippen LogP contribution is -2.46. The number of benzene rings is 1. The van der Waals surface area contributed by atoms with Crippen LogP contribution in [0.25, 0.3) is 10.9 Å². The first-order valence-corrected chi connectivity index (χ1v) is 8.69. The van der Waals surface area contributed by atoms with Crippen molar-refractivity contribution < 1.29 is 19.0 Å². The van der Waals surface area contributed by atoms with Crippen molar-refractivity contribution in [2.75, 3.05) is 37.6 Å². The standard InChI is InChI=1S/C18H22FN3O4/c1-3-20-5-7-22(8-6-20)15-10-14-12(9-13(15)19)17(23)16(26-18(24)25)11-21(14)4-2/h9-11H,3-8H2,1-2H3,(H,24,25). The second kappa shape index (κ2) is 7.33. The summed E-state index contributed by atoms with van der Waals surface area (Å²) in [6, 6.07) is 2.85. The van der Waals surface area contributed by atoms with Crippen LogP contribution in [0.5, 0.6) is 5.75 Å². The number of hydrogen-bond donors (Lipinski definition) is 1. The molecule has 8 heteroatoms. The van der Waals surface area contributed by atoms with Crippen LogP contribution in [0.4, 0.5) is 14.9 Å². The monoisotopic (exact) mass is 363 g/mol. The molecule has 7 nitrogen and oxygen atoms in total. The first-order chi connectivity index (χ1) is 12.4. The second-order valence-electron chi connectivity index (χ2n) is 6.22. The van der Waals surface area contributed by atoms with Gasteiger partial charge in [-0.05, 0) is 25.6 Å². The molecule has 1 fully saturated rings. The number of aryl methyl sites for hydroxylation is 1. The van der Waals surface area contributed by atoms with Crippen LogP contribution in [0.1, 0.15) is 13.8 Å². The Morgan fingerprint density at radius 1 is 1.19 bits per heavy atom. The van der Waals surface area contributed by atoms with Gasteiger partial charge < -0.3 is 24.2 Å². The molecule has 2 heterocycles. The summed E-state index contributed by atoms with van der Waals surface area (Å²) in [5.41, 5.74) is 0.389. The van der Waals surface area contributed by atoms with Gasteiger partial charge in [0.1, 0.15) is 5.82 Å². The molecule has 0 bridgehead atoms. The Balaban J connectivity index is 2.07. The number of ether oxygens (including phenoxy) is 1. The molecule has 0 saturated carbocycles. The maximum absolute atomic E-state index is 14.7. The number of pyridine rings is 1. The van der Waals surface area contributed by atoms with Gasteiger partial charge in [0.2, 0.25) is 5.43 Å². The lowest BCUT2D eigenvalue weighted by molar-refractivity contribution is 0.144. The molecule has 1 aliphatic heterocycles. The van der Waals surface area contributed by atoms with E-state index in [0.29, 0.717) is 30.8 Å². The number of carboxylic acid groups (broad SMARTS) is 1. The van der Waals surface area contributed by atoms with Crippen molar-refractivity contribution in [3.8, 4) is 5.75 Å². The van der Waals surface area contributed by atoms with Gasteiger partial charge in [0.15, 0.2) is 5.75 Å². The molecular weight excluding hydrogens is 341 g/mol. The van der Waals surface area contributed by atoms with E-state index in [0.717, 1.165) is 19.6 Å². The maximum atomic E-state index is 14.7. The van der Waals surface area contributed by atoms with Crippen LogP contribution in [-0.2, 0) is 6.54 Å². The van der Waals surface area contributed by atoms with Crippen LogP contribution in [0.2, 0.25) is 0 Å². The van der Waals surface area contributed by atoms with Gasteiger partial charge in [-0.3, -0.25) is 4.79 Å². The van der Waals surface area contributed by atoms with Crippen LogP contribution < -0.4 is 15.1 Å². The van der Waals surface area contributed by atoms with E-state index in [1.54, 1.807) is 10.6 Å². The van der Waals surface area contributed by atoms with Gasteiger partial charge in [-0.2, -0.15) is 0 Å². The van der Waals surface area contributed by atoms with Crippen molar-refractivity contribution in [3.63, 3.8) is 0 Å². The number of nitrogens with zero attached hydrogens (tertiary/aromatic N) is 3. The van der Waals surface area contributed by atoms with E-state index in [9.17, 15) is 14.0 Å². The molecule has 0 radical (unpaired) electrons. The number of halogens is 1. The minimum Gasteiger partial charge on any atom is -0.449 e. The molecule has 1 N–H and O–H groups in total. The second-order valence-corrected chi connectivity index (χ2v) is 6.22. The van der Waals surface area contributed by atoms with Gasteiger partial charge in [-0.15, -0.1) is 0 Å². The highest BCUT2D eigenvalue weighted by Gasteiger charge is 2.21. The third kappa shape index (κ3) is 3.37. The minimum atomic E-state index is -1.57. The van der Waals surface area contributed by atoms with Gasteiger partial charge in [0, 0.05) is 32.7 Å². The SMILES string of the molecule is CCN1CCN(c2cc3c(cc2F)c(=O)c(OC(=O)O)cn3CC)CC1. The topological polar surface area (TPSA) is 75.0 Å². The molecule has 3 rings (SSSR count). The van der Waals surface area contributed by atoms with E-state index in [4.69, 9.17) is 5.11 Å². The molecule has 1 aliphatic rings. The lowest BCUT2D eigenvalue weighted by Gasteiger charge is -2.35. The molecule has 2 aromatic rings. The molecule has 1 aromatic heterocycles. The smallest absolute Gasteiger partial charge is 0.449 e. The van der Waals surface area contributed by atoms with Crippen molar-refractivity contribution in [3.05, 3.63) is 34.4 Å².